The molecule has 2 rings (SSSR count). The third-order valence-electron chi connectivity index (χ3n) is 4.06. The number of ether oxygens (including phenoxy) is 1. The van der Waals surface area contributed by atoms with Crippen molar-refractivity contribution in [1.82, 2.24) is 0 Å². The third-order valence-corrected chi connectivity index (χ3v) is 4.06. The highest BCUT2D eigenvalue weighted by molar-refractivity contribution is 5.68. The molecule has 4 nitrogen and oxygen atoms in total. The number of carboxylic acids is 1. The van der Waals surface area contributed by atoms with Gasteiger partial charge in [0.05, 0.1) is 13.0 Å². The van der Waals surface area contributed by atoms with Gasteiger partial charge in [-0.1, -0.05) is 6.08 Å². The van der Waals surface area contributed by atoms with Gasteiger partial charge in [-0.15, -0.1) is 0 Å². The largest absolute Gasteiger partial charge is 0.481 e. The van der Waals surface area contributed by atoms with Crippen molar-refractivity contribution in [1.29, 1.82) is 0 Å². The topological polar surface area (TPSA) is 72.5 Å². The number of rotatable bonds is 5. The van der Waals surface area contributed by atoms with Crippen LogP contribution in [-0.4, -0.2) is 31.3 Å². The Morgan fingerprint density at radius 1 is 1.75 bits per heavy atom. The number of fused-ring (bicyclic) bond motifs is 1. The van der Waals surface area contributed by atoms with Crippen molar-refractivity contribution in [3.05, 3.63) is 11.6 Å². The van der Waals surface area contributed by atoms with E-state index in [2.05, 4.69) is 6.08 Å². The monoisotopic (exact) mass is 225 g/mol. The average Bonchev–Trinajstić information content (AvgIpc) is 2.54. The molecule has 0 unspecified atom stereocenters. The first-order valence-electron chi connectivity index (χ1n) is 5.71. The SMILES string of the molecule is COCC1=C[C@H]2[C@@H](C1)C[C@@]2(CN)CC(=O)O. The van der Waals surface area contributed by atoms with E-state index < -0.39 is 5.97 Å². The van der Waals surface area contributed by atoms with E-state index in [0.717, 1.165) is 12.8 Å². The number of carboxylic acid groups (broad SMARTS) is 1. The Bertz CT molecular complexity index is 326. The minimum absolute atomic E-state index is 0.189. The minimum Gasteiger partial charge on any atom is -0.481 e. The molecule has 3 atom stereocenters. The van der Waals surface area contributed by atoms with Gasteiger partial charge >= 0.3 is 5.97 Å². The maximum absolute atomic E-state index is 10.9. The van der Waals surface area contributed by atoms with Gasteiger partial charge in [0.25, 0.3) is 0 Å². The van der Waals surface area contributed by atoms with Crippen molar-refractivity contribution in [2.24, 2.45) is 23.0 Å². The molecule has 0 aromatic carbocycles. The summed E-state index contributed by atoms with van der Waals surface area (Å²) in [7, 11) is 1.69. The number of carbonyl (C=O) groups is 1. The van der Waals surface area contributed by atoms with Crippen molar-refractivity contribution in [3.8, 4) is 0 Å². The lowest BCUT2D eigenvalue weighted by molar-refractivity contribution is -0.144. The van der Waals surface area contributed by atoms with Crippen molar-refractivity contribution >= 4 is 5.97 Å². The van der Waals surface area contributed by atoms with Gasteiger partial charge in [0, 0.05) is 7.11 Å². The van der Waals surface area contributed by atoms with Crippen LogP contribution in [-0.2, 0) is 9.53 Å². The summed E-state index contributed by atoms with van der Waals surface area (Å²) in [6.45, 7) is 1.14. The van der Waals surface area contributed by atoms with Crippen LogP contribution in [0.4, 0.5) is 0 Å². The van der Waals surface area contributed by atoms with E-state index in [1.807, 2.05) is 0 Å². The van der Waals surface area contributed by atoms with Gasteiger partial charge in [0.2, 0.25) is 0 Å². The van der Waals surface area contributed by atoms with E-state index in [9.17, 15) is 4.79 Å². The number of aliphatic carboxylic acids is 1. The molecule has 0 heterocycles. The average molecular weight is 225 g/mol. The first-order valence-corrected chi connectivity index (χ1v) is 5.71. The summed E-state index contributed by atoms with van der Waals surface area (Å²) >= 11 is 0. The van der Waals surface area contributed by atoms with Gasteiger partial charge in [-0.2, -0.15) is 0 Å². The van der Waals surface area contributed by atoms with E-state index >= 15 is 0 Å². The maximum atomic E-state index is 10.9. The van der Waals surface area contributed by atoms with Gasteiger partial charge in [0.15, 0.2) is 0 Å². The smallest absolute Gasteiger partial charge is 0.303 e. The predicted molar refractivity (Wildman–Crippen MR) is 59.9 cm³/mol. The highest BCUT2D eigenvalue weighted by Crippen LogP contribution is 2.59. The highest BCUT2D eigenvalue weighted by atomic mass is 16.5. The summed E-state index contributed by atoms with van der Waals surface area (Å²) in [4.78, 5) is 10.9. The van der Waals surface area contributed by atoms with Crippen LogP contribution in [0.1, 0.15) is 19.3 Å². The zero-order valence-electron chi connectivity index (χ0n) is 9.61. The molecule has 4 heteroatoms. The van der Waals surface area contributed by atoms with Gasteiger partial charge in [-0.05, 0) is 42.2 Å². The molecule has 0 bridgehead atoms. The summed E-state index contributed by atoms with van der Waals surface area (Å²) in [5.74, 6) is 0.226. The summed E-state index contributed by atoms with van der Waals surface area (Å²) in [5.41, 5.74) is 6.88. The summed E-state index contributed by atoms with van der Waals surface area (Å²) in [5, 5.41) is 8.93. The molecule has 16 heavy (non-hydrogen) atoms. The second-order valence-electron chi connectivity index (χ2n) is 5.09. The second-order valence-corrected chi connectivity index (χ2v) is 5.09. The Morgan fingerprint density at radius 2 is 2.50 bits per heavy atom. The van der Waals surface area contributed by atoms with Crippen LogP contribution >= 0.6 is 0 Å². The highest BCUT2D eigenvalue weighted by Gasteiger charge is 2.54. The Kier molecular flexibility index (Phi) is 3.04. The zero-order valence-corrected chi connectivity index (χ0v) is 9.61. The van der Waals surface area contributed by atoms with Crippen LogP contribution in [0.25, 0.3) is 0 Å². The number of nitrogens with two attached hydrogens (primary N) is 1. The van der Waals surface area contributed by atoms with Crippen molar-refractivity contribution in [2.45, 2.75) is 19.3 Å². The molecule has 0 aliphatic heterocycles. The van der Waals surface area contributed by atoms with Gasteiger partial charge in [-0.3, -0.25) is 4.79 Å². The molecule has 2 aliphatic rings. The molecule has 3 N–H and O–H groups in total. The summed E-state index contributed by atoms with van der Waals surface area (Å²) in [6, 6.07) is 0. The van der Waals surface area contributed by atoms with Crippen LogP contribution in [0.3, 0.4) is 0 Å². The number of hydrogen-bond donors (Lipinski definition) is 2. The van der Waals surface area contributed by atoms with Crippen molar-refractivity contribution in [3.63, 3.8) is 0 Å². The first kappa shape index (κ1) is 11.6. The number of hydrogen-bond acceptors (Lipinski definition) is 3. The van der Waals surface area contributed by atoms with Crippen molar-refractivity contribution < 1.29 is 14.6 Å². The fourth-order valence-corrected chi connectivity index (χ4v) is 3.37. The van der Waals surface area contributed by atoms with Crippen LogP contribution in [0.2, 0.25) is 0 Å². The fourth-order valence-electron chi connectivity index (χ4n) is 3.37. The molecule has 0 saturated heterocycles. The lowest BCUT2D eigenvalue weighted by atomic mass is 9.53. The molecule has 2 aliphatic carbocycles. The minimum atomic E-state index is -0.738. The lowest BCUT2D eigenvalue weighted by Crippen LogP contribution is -2.51. The predicted octanol–water partition coefficient (Wildman–Crippen LogP) is 1.02. The molecule has 90 valence electrons. The molecule has 0 aromatic rings. The van der Waals surface area contributed by atoms with Crippen LogP contribution in [0, 0.1) is 17.3 Å². The molecule has 0 aromatic heterocycles. The standard InChI is InChI=1S/C12H19NO3/c1-16-6-8-2-9-4-12(7-13,5-11(14)15)10(9)3-8/h3,9-10H,2,4-7,13H2,1H3,(H,14,15)/t9-,10-,12-/m0/s1. The van der Waals surface area contributed by atoms with E-state index in [1.54, 1.807) is 7.11 Å². The molecule has 0 radical (unpaired) electrons. The van der Waals surface area contributed by atoms with Gasteiger partial charge < -0.3 is 15.6 Å². The Labute approximate surface area is 95.5 Å². The fraction of sp³-hybridized carbons (Fsp3) is 0.750. The van der Waals surface area contributed by atoms with Crippen LogP contribution < -0.4 is 5.73 Å². The number of allylic oxidation sites excluding steroid dienone is 1. The van der Waals surface area contributed by atoms with Gasteiger partial charge in [-0.25, -0.2) is 0 Å². The molecule has 0 spiro atoms. The summed E-state index contributed by atoms with van der Waals surface area (Å²) < 4.78 is 5.12. The van der Waals surface area contributed by atoms with E-state index in [4.69, 9.17) is 15.6 Å². The van der Waals surface area contributed by atoms with Crippen LogP contribution in [0.5, 0.6) is 0 Å². The Balaban J connectivity index is 2.07. The van der Waals surface area contributed by atoms with Crippen LogP contribution in [0.15, 0.2) is 11.6 Å². The number of methoxy groups -OCH3 is 1. The third kappa shape index (κ3) is 1.76. The maximum Gasteiger partial charge on any atom is 0.303 e. The van der Waals surface area contributed by atoms with Crippen molar-refractivity contribution in [2.75, 3.05) is 20.3 Å². The molecule has 1 fully saturated rings. The quantitative estimate of drug-likeness (QED) is 0.685. The second kappa shape index (κ2) is 4.18. The van der Waals surface area contributed by atoms with E-state index in [1.165, 1.54) is 5.57 Å². The summed E-state index contributed by atoms with van der Waals surface area (Å²) in [6.07, 6.45) is 4.40. The lowest BCUT2D eigenvalue weighted by Gasteiger charge is -2.51. The molecular weight excluding hydrogens is 206 g/mol. The Hall–Kier alpha value is -0.870. The molecule has 0 amide bonds. The molecule has 1 saturated carbocycles. The zero-order chi connectivity index (χ0) is 11.8. The first-order chi connectivity index (χ1) is 7.61. The Morgan fingerprint density at radius 3 is 3.06 bits per heavy atom. The molecular formula is C12H19NO3. The van der Waals surface area contributed by atoms with E-state index in [0.29, 0.717) is 25.0 Å². The van der Waals surface area contributed by atoms with E-state index in [-0.39, 0.29) is 11.8 Å². The van der Waals surface area contributed by atoms with Gasteiger partial charge in [0.1, 0.15) is 0 Å². The normalized spacial score (nSPS) is 36.5.